The van der Waals surface area contributed by atoms with Crippen molar-refractivity contribution in [1.82, 2.24) is 5.48 Å². The van der Waals surface area contributed by atoms with Crippen LogP contribution >= 0.6 is 23.2 Å². The molecule has 0 spiro atoms. The summed E-state index contributed by atoms with van der Waals surface area (Å²) in [5.41, 5.74) is 8.49. The summed E-state index contributed by atoms with van der Waals surface area (Å²) in [6.07, 6.45) is 0. The summed E-state index contributed by atoms with van der Waals surface area (Å²) in [4.78, 5) is 15.3. The second-order valence-electron chi connectivity index (χ2n) is 3.27. The molecule has 1 amide bonds. The van der Waals surface area contributed by atoms with Gasteiger partial charge in [-0.25, -0.2) is 0 Å². The van der Waals surface area contributed by atoms with Gasteiger partial charge in [0.2, 0.25) is 5.91 Å². The van der Waals surface area contributed by atoms with E-state index in [1.54, 1.807) is 12.1 Å². The third-order valence-electron chi connectivity index (χ3n) is 1.92. The van der Waals surface area contributed by atoms with Crippen molar-refractivity contribution in [2.24, 2.45) is 5.73 Å². The molecule has 0 bridgehead atoms. The Kier molecular flexibility index (Phi) is 5.02. The van der Waals surface area contributed by atoms with Crippen LogP contribution in [0, 0.1) is 0 Å². The molecule has 1 aromatic carbocycles. The number of carbonyl (C=O) groups excluding carboxylic acids is 1. The van der Waals surface area contributed by atoms with E-state index in [4.69, 9.17) is 33.8 Å². The van der Waals surface area contributed by atoms with Crippen molar-refractivity contribution in [3.8, 4) is 0 Å². The minimum Gasteiger partial charge on any atom is -0.368 e. The summed E-state index contributed by atoms with van der Waals surface area (Å²) in [7, 11) is 0. The summed E-state index contributed by atoms with van der Waals surface area (Å²) in [6, 6.07) is 5.13. The summed E-state index contributed by atoms with van der Waals surface area (Å²) in [5, 5.41) is 0.971. The largest absolute Gasteiger partial charge is 0.368 e. The second-order valence-corrected chi connectivity index (χ2v) is 4.08. The third-order valence-corrected chi connectivity index (χ3v) is 2.66. The number of hydrogen-bond acceptors (Lipinski definition) is 3. The van der Waals surface area contributed by atoms with Crippen LogP contribution in [0.25, 0.3) is 0 Å². The molecule has 1 atom stereocenters. The highest BCUT2D eigenvalue weighted by molar-refractivity contribution is 6.42. The molecule has 4 nitrogen and oxygen atoms in total. The van der Waals surface area contributed by atoms with Gasteiger partial charge < -0.3 is 5.73 Å². The molecule has 16 heavy (non-hydrogen) atoms. The first kappa shape index (κ1) is 13.3. The zero-order valence-electron chi connectivity index (χ0n) is 8.67. The van der Waals surface area contributed by atoms with E-state index in [9.17, 15) is 4.79 Å². The highest BCUT2D eigenvalue weighted by Gasteiger charge is 2.07. The van der Waals surface area contributed by atoms with Gasteiger partial charge in [0.25, 0.3) is 0 Å². The average Bonchev–Trinajstić information content (AvgIpc) is 2.21. The molecule has 3 N–H and O–H groups in total. The van der Waals surface area contributed by atoms with Gasteiger partial charge in [-0.15, -0.1) is 0 Å². The number of nitrogens with two attached hydrogens (primary N) is 1. The molecule has 0 fully saturated rings. The SMILES string of the molecule is CC(NOCC(N)=O)c1ccc(Cl)c(Cl)c1. The topological polar surface area (TPSA) is 64.3 Å². The Morgan fingerprint density at radius 3 is 2.75 bits per heavy atom. The van der Waals surface area contributed by atoms with E-state index in [-0.39, 0.29) is 12.6 Å². The summed E-state index contributed by atoms with van der Waals surface area (Å²) in [5.74, 6) is -0.533. The first-order valence-electron chi connectivity index (χ1n) is 4.61. The molecule has 1 aromatic rings. The Labute approximate surface area is 104 Å². The lowest BCUT2D eigenvalue weighted by Crippen LogP contribution is -2.26. The normalized spacial score (nSPS) is 12.4. The van der Waals surface area contributed by atoms with Crippen LogP contribution in [0.15, 0.2) is 18.2 Å². The lowest BCUT2D eigenvalue weighted by Gasteiger charge is -2.13. The molecule has 6 heteroatoms. The Morgan fingerprint density at radius 1 is 1.50 bits per heavy atom. The monoisotopic (exact) mass is 262 g/mol. The highest BCUT2D eigenvalue weighted by atomic mass is 35.5. The van der Waals surface area contributed by atoms with Crippen molar-refractivity contribution in [2.75, 3.05) is 6.61 Å². The summed E-state index contributed by atoms with van der Waals surface area (Å²) < 4.78 is 0. The standard InChI is InChI=1S/C10H12Cl2N2O2/c1-6(14-16-5-10(13)15)7-2-3-8(11)9(12)4-7/h2-4,6,14H,5H2,1H3,(H2,13,15). The lowest BCUT2D eigenvalue weighted by atomic mass is 10.1. The summed E-state index contributed by atoms with van der Waals surface area (Å²) in [6.45, 7) is 1.69. The zero-order chi connectivity index (χ0) is 12.1. The highest BCUT2D eigenvalue weighted by Crippen LogP contribution is 2.25. The van der Waals surface area contributed by atoms with Crippen LogP contribution in [-0.4, -0.2) is 12.5 Å². The fraction of sp³-hybridized carbons (Fsp3) is 0.300. The van der Waals surface area contributed by atoms with Gasteiger partial charge >= 0.3 is 0 Å². The second kappa shape index (κ2) is 6.06. The number of nitrogens with one attached hydrogen (secondary N) is 1. The number of hydrogen-bond donors (Lipinski definition) is 2. The van der Waals surface area contributed by atoms with Crippen LogP contribution in [0.5, 0.6) is 0 Å². The number of benzene rings is 1. The molecule has 0 radical (unpaired) electrons. The molecule has 0 aromatic heterocycles. The van der Waals surface area contributed by atoms with Gasteiger partial charge in [-0.05, 0) is 24.6 Å². The van der Waals surface area contributed by atoms with Crippen LogP contribution in [0.2, 0.25) is 10.0 Å². The van der Waals surface area contributed by atoms with Gasteiger partial charge in [0.05, 0.1) is 16.1 Å². The molecule has 1 unspecified atom stereocenters. The summed E-state index contributed by atoms with van der Waals surface area (Å²) >= 11 is 11.7. The van der Waals surface area contributed by atoms with Crippen LogP contribution in [0.3, 0.4) is 0 Å². The minimum absolute atomic E-state index is 0.117. The maximum Gasteiger partial charge on any atom is 0.245 e. The predicted molar refractivity (Wildman–Crippen MR) is 63.2 cm³/mol. The number of rotatable bonds is 5. The van der Waals surface area contributed by atoms with E-state index < -0.39 is 5.91 Å². The molecule has 1 rings (SSSR count). The Balaban J connectivity index is 2.55. The van der Waals surface area contributed by atoms with E-state index in [0.29, 0.717) is 10.0 Å². The molecule has 88 valence electrons. The molecular formula is C10H12Cl2N2O2. The molecule has 0 aliphatic heterocycles. The van der Waals surface area contributed by atoms with E-state index in [2.05, 4.69) is 5.48 Å². The third kappa shape index (κ3) is 3.98. The van der Waals surface area contributed by atoms with Crippen LogP contribution < -0.4 is 11.2 Å². The fourth-order valence-electron chi connectivity index (χ4n) is 1.09. The van der Waals surface area contributed by atoms with Crippen LogP contribution in [0.1, 0.15) is 18.5 Å². The van der Waals surface area contributed by atoms with E-state index in [1.165, 1.54) is 0 Å². The van der Waals surface area contributed by atoms with Crippen LogP contribution in [0.4, 0.5) is 0 Å². The van der Waals surface area contributed by atoms with Crippen molar-refractivity contribution < 1.29 is 9.63 Å². The van der Waals surface area contributed by atoms with Gasteiger partial charge in [-0.2, -0.15) is 5.48 Å². The molecule has 0 saturated heterocycles. The van der Waals surface area contributed by atoms with Gasteiger partial charge in [-0.1, -0.05) is 29.3 Å². The van der Waals surface area contributed by atoms with Gasteiger partial charge in [-0.3, -0.25) is 9.63 Å². The van der Waals surface area contributed by atoms with E-state index in [0.717, 1.165) is 5.56 Å². The Hall–Kier alpha value is -0.810. The number of carbonyl (C=O) groups is 1. The fourth-order valence-corrected chi connectivity index (χ4v) is 1.39. The molecule has 0 saturated carbocycles. The first-order chi connectivity index (χ1) is 7.50. The lowest BCUT2D eigenvalue weighted by molar-refractivity contribution is -0.126. The minimum atomic E-state index is -0.533. The van der Waals surface area contributed by atoms with Gasteiger partial charge in [0, 0.05) is 0 Å². The van der Waals surface area contributed by atoms with Gasteiger partial charge in [0.15, 0.2) is 0 Å². The van der Waals surface area contributed by atoms with E-state index in [1.807, 2.05) is 13.0 Å². The first-order valence-corrected chi connectivity index (χ1v) is 5.37. The van der Waals surface area contributed by atoms with Crippen molar-refractivity contribution in [3.05, 3.63) is 33.8 Å². The Bertz CT molecular complexity index is 385. The molecule has 0 aliphatic rings. The molecule has 0 aliphatic carbocycles. The number of primary amides is 1. The maximum absolute atomic E-state index is 10.4. The number of halogens is 2. The predicted octanol–water partition coefficient (Wildman–Crippen LogP) is 2.06. The smallest absolute Gasteiger partial charge is 0.245 e. The van der Waals surface area contributed by atoms with Crippen molar-refractivity contribution >= 4 is 29.1 Å². The van der Waals surface area contributed by atoms with Crippen molar-refractivity contribution in [1.29, 1.82) is 0 Å². The average molecular weight is 263 g/mol. The van der Waals surface area contributed by atoms with Gasteiger partial charge in [0.1, 0.15) is 6.61 Å². The Morgan fingerprint density at radius 2 is 2.19 bits per heavy atom. The molecule has 0 heterocycles. The van der Waals surface area contributed by atoms with Crippen molar-refractivity contribution in [2.45, 2.75) is 13.0 Å². The number of hydroxylamine groups is 1. The van der Waals surface area contributed by atoms with Crippen LogP contribution in [-0.2, 0) is 9.63 Å². The quantitative estimate of drug-likeness (QED) is 0.799. The molecular weight excluding hydrogens is 251 g/mol. The maximum atomic E-state index is 10.4. The van der Waals surface area contributed by atoms with E-state index >= 15 is 0 Å². The zero-order valence-corrected chi connectivity index (χ0v) is 10.2. The van der Waals surface area contributed by atoms with Crippen molar-refractivity contribution in [3.63, 3.8) is 0 Å². The number of amides is 1.